The van der Waals surface area contributed by atoms with Crippen LogP contribution in [0.3, 0.4) is 0 Å². The Morgan fingerprint density at radius 2 is 1.89 bits per heavy atom. The number of ether oxygens (including phenoxy) is 1. The molecular formula is C38H32ClFN8O4S. The number of aromatic nitrogens is 5. The Labute approximate surface area is 312 Å². The number of carbonyl (C=O) groups excluding carboxylic acids is 3. The number of hydrogen-bond acceptors (Lipinski definition) is 9. The smallest absolute Gasteiger partial charge is 0.258 e. The van der Waals surface area contributed by atoms with Crippen LogP contribution in [0.4, 0.5) is 4.39 Å². The molecule has 3 aliphatic heterocycles. The number of aliphatic imine (C=N–C) groups is 1. The molecule has 6 heterocycles. The van der Waals surface area contributed by atoms with Gasteiger partial charge in [0, 0.05) is 40.9 Å². The van der Waals surface area contributed by atoms with Crippen LogP contribution < -0.4 is 10.1 Å². The monoisotopic (exact) mass is 750 g/mol. The number of amides is 3. The standard InChI is InChI=1S/C38H32ClFN8O4S/c1-21-30(53-38-33(21)35(24-6-8-25(39)9-7-24)41-18-31-45-44-22(2)48(31)38)13-5-23-17-42-46(19-23)15-3-4-16-52-29-12-10-27(40)34-26(29)20-47(37(34)51)28-11-14-32(49)43-36(28)50/h6-10,12,17,19,28H,3-4,11,14-16,18,20H2,1-2H3,(H,43,49,50). The highest BCUT2D eigenvalue weighted by Crippen LogP contribution is 2.37. The van der Waals surface area contributed by atoms with E-state index in [4.69, 9.17) is 21.3 Å². The second-order valence-electron chi connectivity index (χ2n) is 13.0. The SMILES string of the molecule is Cc1c(C#Cc2cnn(CCCCOc3ccc(F)c4c3CN(C3CCC(=O)NC3=O)C4=O)c2)sc2c1C(c1ccc(Cl)cc1)=NCc1nnc(C)n1-2. The maximum Gasteiger partial charge on any atom is 0.258 e. The van der Waals surface area contributed by atoms with Crippen molar-refractivity contribution in [2.45, 2.75) is 65.2 Å². The van der Waals surface area contributed by atoms with Crippen LogP contribution in [0.15, 0.2) is 53.8 Å². The number of nitrogens with zero attached hydrogens (tertiary/aromatic N) is 7. The van der Waals surface area contributed by atoms with Gasteiger partial charge in [-0.25, -0.2) is 4.39 Å². The highest BCUT2D eigenvalue weighted by atomic mass is 35.5. The van der Waals surface area contributed by atoms with Crippen molar-refractivity contribution in [3.63, 3.8) is 0 Å². The molecule has 0 bridgehead atoms. The summed E-state index contributed by atoms with van der Waals surface area (Å²) >= 11 is 7.78. The van der Waals surface area contributed by atoms with Crippen LogP contribution in [0, 0.1) is 31.5 Å². The molecule has 12 nitrogen and oxygen atoms in total. The average Bonchev–Trinajstić information content (AvgIpc) is 3.89. The molecule has 1 atom stereocenters. The highest BCUT2D eigenvalue weighted by Gasteiger charge is 2.41. The number of unbranched alkanes of at least 4 members (excludes halogenated alkanes) is 1. The van der Waals surface area contributed by atoms with Crippen LogP contribution in [0.2, 0.25) is 5.02 Å². The van der Waals surface area contributed by atoms with Crippen LogP contribution >= 0.6 is 22.9 Å². The maximum absolute atomic E-state index is 14.7. The van der Waals surface area contributed by atoms with E-state index in [1.54, 1.807) is 17.5 Å². The molecule has 2 aromatic carbocycles. The number of thiophene rings is 1. The lowest BCUT2D eigenvalue weighted by atomic mass is 10.00. The summed E-state index contributed by atoms with van der Waals surface area (Å²) in [5.41, 5.74) is 4.98. The average molecular weight is 751 g/mol. The van der Waals surface area contributed by atoms with Crippen molar-refractivity contribution in [2.24, 2.45) is 4.99 Å². The fourth-order valence-corrected chi connectivity index (χ4v) is 8.23. The van der Waals surface area contributed by atoms with Crippen LogP contribution in [0.5, 0.6) is 5.75 Å². The van der Waals surface area contributed by atoms with Crippen molar-refractivity contribution in [1.29, 1.82) is 0 Å². The van der Waals surface area contributed by atoms with Crippen molar-refractivity contribution in [2.75, 3.05) is 6.61 Å². The molecule has 0 aliphatic carbocycles. The van der Waals surface area contributed by atoms with Gasteiger partial charge in [-0.15, -0.1) is 21.5 Å². The largest absolute Gasteiger partial charge is 0.493 e. The molecule has 53 heavy (non-hydrogen) atoms. The fourth-order valence-electron chi connectivity index (χ4n) is 6.88. The summed E-state index contributed by atoms with van der Waals surface area (Å²) in [6, 6.07) is 9.57. The van der Waals surface area contributed by atoms with E-state index in [0.29, 0.717) is 42.5 Å². The molecule has 1 unspecified atom stereocenters. The number of aryl methyl sites for hydroxylation is 2. The number of imide groups is 1. The van der Waals surface area contributed by atoms with E-state index in [2.05, 4.69) is 43.9 Å². The van der Waals surface area contributed by atoms with E-state index < -0.39 is 23.7 Å². The first kappa shape index (κ1) is 34.4. The normalized spacial score (nSPS) is 16.3. The Bertz CT molecular complexity index is 2400. The van der Waals surface area contributed by atoms with Gasteiger partial charge in [0.2, 0.25) is 11.8 Å². The molecule has 5 aromatic rings. The van der Waals surface area contributed by atoms with Gasteiger partial charge in [0.05, 0.1) is 41.1 Å². The Balaban J connectivity index is 0.913. The number of halogens is 2. The predicted octanol–water partition coefficient (Wildman–Crippen LogP) is 5.31. The van der Waals surface area contributed by atoms with Gasteiger partial charge in [0.25, 0.3) is 5.91 Å². The second-order valence-corrected chi connectivity index (χ2v) is 14.4. The summed E-state index contributed by atoms with van der Waals surface area (Å²) in [7, 11) is 0. The zero-order valence-corrected chi connectivity index (χ0v) is 30.4. The summed E-state index contributed by atoms with van der Waals surface area (Å²) in [4.78, 5) is 44.3. The minimum absolute atomic E-state index is 0.0385. The summed E-state index contributed by atoms with van der Waals surface area (Å²) in [5, 5.41) is 17.1. The van der Waals surface area contributed by atoms with Gasteiger partial charge in [-0.2, -0.15) is 5.10 Å². The van der Waals surface area contributed by atoms with E-state index >= 15 is 0 Å². The third kappa shape index (κ3) is 6.51. The molecule has 1 saturated heterocycles. The van der Waals surface area contributed by atoms with Crippen molar-refractivity contribution in [1.82, 2.24) is 34.8 Å². The highest BCUT2D eigenvalue weighted by molar-refractivity contribution is 7.15. The molecule has 3 aliphatic rings. The molecule has 3 amide bonds. The van der Waals surface area contributed by atoms with Gasteiger partial charge < -0.3 is 9.64 Å². The minimum Gasteiger partial charge on any atom is -0.493 e. The van der Waals surface area contributed by atoms with E-state index in [1.165, 1.54) is 17.0 Å². The minimum atomic E-state index is -0.831. The first-order valence-corrected chi connectivity index (χ1v) is 18.3. The molecule has 0 saturated carbocycles. The first-order chi connectivity index (χ1) is 25.7. The molecular weight excluding hydrogens is 719 g/mol. The van der Waals surface area contributed by atoms with Gasteiger partial charge in [-0.1, -0.05) is 35.6 Å². The number of piperidine rings is 1. The fraction of sp³-hybridized carbons (Fsp3) is 0.289. The van der Waals surface area contributed by atoms with Gasteiger partial charge in [-0.3, -0.25) is 33.9 Å². The Morgan fingerprint density at radius 3 is 2.70 bits per heavy atom. The summed E-state index contributed by atoms with van der Waals surface area (Å²) < 4.78 is 24.7. The van der Waals surface area contributed by atoms with Gasteiger partial charge in [0.15, 0.2) is 5.82 Å². The van der Waals surface area contributed by atoms with E-state index in [1.807, 2.05) is 42.1 Å². The Kier molecular flexibility index (Phi) is 9.13. The topological polar surface area (TPSA) is 137 Å². The molecule has 0 radical (unpaired) electrons. The molecule has 0 spiro atoms. The molecule has 1 N–H and O–H groups in total. The number of benzene rings is 2. The third-order valence-corrected chi connectivity index (χ3v) is 11.0. The number of rotatable bonds is 8. The number of carbonyl (C=O) groups is 3. The maximum atomic E-state index is 14.7. The second kappa shape index (κ2) is 14.1. The molecule has 15 heteroatoms. The lowest BCUT2D eigenvalue weighted by Crippen LogP contribution is -2.52. The first-order valence-electron chi connectivity index (χ1n) is 17.1. The van der Waals surface area contributed by atoms with Gasteiger partial charge >= 0.3 is 0 Å². The predicted molar refractivity (Wildman–Crippen MR) is 195 cm³/mol. The third-order valence-electron chi connectivity index (χ3n) is 9.56. The van der Waals surface area contributed by atoms with Gasteiger partial charge in [-0.05, 0) is 62.9 Å². The zero-order chi connectivity index (χ0) is 36.8. The van der Waals surface area contributed by atoms with Crippen molar-refractivity contribution < 1.29 is 23.5 Å². The van der Waals surface area contributed by atoms with E-state index in [9.17, 15) is 18.8 Å². The van der Waals surface area contributed by atoms with Crippen molar-refractivity contribution in [3.05, 3.63) is 110 Å². The van der Waals surface area contributed by atoms with Crippen molar-refractivity contribution in [3.8, 4) is 22.6 Å². The molecule has 1 fully saturated rings. The molecule has 3 aromatic heterocycles. The van der Waals surface area contributed by atoms with Crippen LogP contribution in [-0.4, -0.2) is 65.5 Å². The zero-order valence-electron chi connectivity index (χ0n) is 28.8. The number of nitrogens with one attached hydrogen (secondary N) is 1. The summed E-state index contributed by atoms with van der Waals surface area (Å²) in [6.45, 7) is 5.42. The summed E-state index contributed by atoms with van der Waals surface area (Å²) in [6.07, 6.45) is 5.41. The lowest BCUT2D eigenvalue weighted by Gasteiger charge is -2.29. The number of hydrogen-bond donors (Lipinski definition) is 1. The van der Waals surface area contributed by atoms with Crippen molar-refractivity contribution >= 4 is 46.4 Å². The quantitative estimate of drug-likeness (QED) is 0.129. The van der Waals surface area contributed by atoms with Crippen LogP contribution in [0.25, 0.3) is 5.00 Å². The van der Waals surface area contributed by atoms with E-state index in [0.717, 1.165) is 55.9 Å². The Morgan fingerprint density at radius 1 is 1.06 bits per heavy atom. The van der Waals surface area contributed by atoms with Crippen LogP contribution in [0.1, 0.15) is 80.4 Å². The Hall–Kier alpha value is -5.65. The lowest BCUT2D eigenvalue weighted by molar-refractivity contribution is -0.136. The molecule has 8 rings (SSSR count). The van der Waals surface area contributed by atoms with E-state index in [-0.39, 0.29) is 30.9 Å². The molecule has 268 valence electrons. The number of fused-ring (bicyclic) bond motifs is 4. The summed E-state index contributed by atoms with van der Waals surface area (Å²) in [5.74, 6) is 6.45. The van der Waals surface area contributed by atoms with Gasteiger partial charge in [0.1, 0.15) is 35.0 Å². The van der Waals surface area contributed by atoms with Crippen LogP contribution in [-0.2, 0) is 29.2 Å².